The fourth-order valence-electron chi connectivity index (χ4n) is 3.21. The standard InChI is InChI=1S/C22H26N4O3/c23-21(24)18-8-6-17(7-9-18)15-25-20(27)14-19-22(28)26(12-13-29-19)11-10-16-4-2-1-3-5-16/h1-9,19H,10-15H2,(H3,23,24)(H,25,27). The van der Waals surface area contributed by atoms with Gasteiger partial charge in [-0.2, -0.15) is 0 Å². The molecule has 4 N–H and O–H groups in total. The number of hydrogen-bond donors (Lipinski definition) is 3. The maximum absolute atomic E-state index is 12.6. The largest absolute Gasteiger partial charge is 0.384 e. The molecular weight excluding hydrogens is 368 g/mol. The molecule has 1 unspecified atom stereocenters. The highest BCUT2D eigenvalue weighted by Gasteiger charge is 2.31. The summed E-state index contributed by atoms with van der Waals surface area (Å²) >= 11 is 0. The summed E-state index contributed by atoms with van der Waals surface area (Å²) in [5.41, 5.74) is 8.14. The van der Waals surface area contributed by atoms with Crippen molar-refractivity contribution in [1.82, 2.24) is 10.2 Å². The molecule has 2 aromatic rings. The van der Waals surface area contributed by atoms with Crippen LogP contribution in [0.15, 0.2) is 54.6 Å². The van der Waals surface area contributed by atoms with E-state index in [1.165, 1.54) is 5.56 Å². The summed E-state index contributed by atoms with van der Waals surface area (Å²) in [5, 5.41) is 10.2. The van der Waals surface area contributed by atoms with Crippen LogP contribution in [0.4, 0.5) is 0 Å². The monoisotopic (exact) mass is 394 g/mol. The van der Waals surface area contributed by atoms with Crippen LogP contribution < -0.4 is 11.1 Å². The summed E-state index contributed by atoms with van der Waals surface area (Å²) in [4.78, 5) is 26.7. The average molecular weight is 394 g/mol. The minimum absolute atomic E-state index is 0.00497. The summed E-state index contributed by atoms with van der Waals surface area (Å²) in [6.45, 7) is 1.94. The number of morpholine rings is 1. The summed E-state index contributed by atoms with van der Waals surface area (Å²) in [6, 6.07) is 17.1. The van der Waals surface area contributed by atoms with E-state index in [0.29, 0.717) is 31.8 Å². The predicted molar refractivity (Wildman–Crippen MR) is 110 cm³/mol. The number of nitrogens with one attached hydrogen (secondary N) is 2. The van der Waals surface area contributed by atoms with Crippen molar-refractivity contribution in [2.45, 2.75) is 25.5 Å². The third-order valence-electron chi connectivity index (χ3n) is 4.91. The molecule has 0 aromatic heterocycles. The van der Waals surface area contributed by atoms with Crippen molar-refractivity contribution >= 4 is 17.6 Å². The Bertz CT molecular complexity index is 852. The Kier molecular flexibility index (Phi) is 6.97. The molecule has 1 fully saturated rings. The van der Waals surface area contributed by atoms with E-state index < -0.39 is 6.10 Å². The minimum Gasteiger partial charge on any atom is -0.384 e. The van der Waals surface area contributed by atoms with E-state index >= 15 is 0 Å². The number of nitrogens with zero attached hydrogens (tertiary/aromatic N) is 1. The zero-order valence-corrected chi connectivity index (χ0v) is 16.3. The van der Waals surface area contributed by atoms with Crippen LogP contribution in [0, 0.1) is 5.41 Å². The van der Waals surface area contributed by atoms with E-state index in [0.717, 1.165) is 12.0 Å². The van der Waals surface area contributed by atoms with Crippen molar-refractivity contribution in [1.29, 1.82) is 5.41 Å². The maximum atomic E-state index is 12.6. The van der Waals surface area contributed by atoms with Gasteiger partial charge in [-0.05, 0) is 17.5 Å². The van der Waals surface area contributed by atoms with Gasteiger partial charge in [0.1, 0.15) is 11.9 Å². The quantitative estimate of drug-likeness (QED) is 0.465. The molecule has 7 nitrogen and oxygen atoms in total. The van der Waals surface area contributed by atoms with Crippen LogP contribution in [0.5, 0.6) is 0 Å². The molecule has 0 spiro atoms. The van der Waals surface area contributed by atoms with Crippen LogP contribution in [0.25, 0.3) is 0 Å². The fourth-order valence-corrected chi connectivity index (χ4v) is 3.21. The SMILES string of the molecule is N=C(N)c1ccc(CNC(=O)CC2OCCN(CCc3ccccc3)C2=O)cc1. The molecule has 3 rings (SSSR count). The Labute approximate surface area is 170 Å². The molecule has 1 atom stereocenters. The first-order valence-corrected chi connectivity index (χ1v) is 9.67. The van der Waals surface area contributed by atoms with Gasteiger partial charge in [0.2, 0.25) is 5.91 Å². The zero-order chi connectivity index (χ0) is 20.6. The Balaban J connectivity index is 1.46. The van der Waals surface area contributed by atoms with Crippen molar-refractivity contribution < 1.29 is 14.3 Å². The fraction of sp³-hybridized carbons (Fsp3) is 0.318. The number of benzene rings is 2. The molecule has 29 heavy (non-hydrogen) atoms. The first-order chi connectivity index (χ1) is 14.0. The second-order valence-corrected chi connectivity index (χ2v) is 7.01. The van der Waals surface area contributed by atoms with Gasteiger partial charge in [0, 0.05) is 25.2 Å². The molecule has 0 bridgehead atoms. The van der Waals surface area contributed by atoms with Crippen molar-refractivity contribution in [3.8, 4) is 0 Å². The molecule has 7 heteroatoms. The predicted octanol–water partition coefficient (Wildman–Crippen LogP) is 1.45. The molecule has 0 saturated carbocycles. The molecule has 1 saturated heterocycles. The second-order valence-electron chi connectivity index (χ2n) is 7.01. The van der Waals surface area contributed by atoms with Gasteiger partial charge in [0.05, 0.1) is 13.0 Å². The molecule has 2 amide bonds. The van der Waals surface area contributed by atoms with Gasteiger partial charge in [-0.1, -0.05) is 54.6 Å². The first kappa shape index (κ1) is 20.5. The van der Waals surface area contributed by atoms with E-state index in [9.17, 15) is 9.59 Å². The Morgan fingerprint density at radius 2 is 1.86 bits per heavy atom. The van der Waals surface area contributed by atoms with Crippen LogP contribution in [-0.2, 0) is 27.3 Å². The van der Waals surface area contributed by atoms with E-state index in [4.69, 9.17) is 15.9 Å². The minimum atomic E-state index is -0.736. The van der Waals surface area contributed by atoms with Crippen molar-refractivity contribution in [2.75, 3.05) is 19.7 Å². The lowest BCUT2D eigenvalue weighted by Crippen LogP contribution is -2.49. The number of carbonyl (C=O) groups excluding carboxylic acids is 2. The van der Waals surface area contributed by atoms with Gasteiger partial charge in [-0.15, -0.1) is 0 Å². The van der Waals surface area contributed by atoms with Crippen LogP contribution in [0.3, 0.4) is 0 Å². The number of hydrogen-bond acceptors (Lipinski definition) is 4. The maximum Gasteiger partial charge on any atom is 0.252 e. The normalized spacial score (nSPS) is 16.5. The van der Waals surface area contributed by atoms with Gasteiger partial charge in [0.15, 0.2) is 0 Å². The third-order valence-corrected chi connectivity index (χ3v) is 4.91. The summed E-state index contributed by atoms with van der Waals surface area (Å²) in [5.74, 6) is -0.359. The molecular formula is C22H26N4O3. The molecule has 1 aliphatic rings. The number of nitrogens with two attached hydrogens (primary N) is 1. The van der Waals surface area contributed by atoms with Gasteiger partial charge in [-0.25, -0.2) is 0 Å². The number of carbonyl (C=O) groups is 2. The Hall–Kier alpha value is -3.19. The molecule has 0 radical (unpaired) electrons. The lowest BCUT2D eigenvalue weighted by atomic mass is 10.1. The summed E-state index contributed by atoms with van der Waals surface area (Å²) in [7, 11) is 0. The number of rotatable bonds is 8. The molecule has 1 aliphatic heterocycles. The van der Waals surface area contributed by atoms with E-state index in [1.807, 2.05) is 42.5 Å². The van der Waals surface area contributed by atoms with Gasteiger partial charge >= 0.3 is 0 Å². The van der Waals surface area contributed by atoms with Gasteiger partial charge in [0.25, 0.3) is 5.91 Å². The summed E-state index contributed by atoms with van der Waals surface area (Å²) < 4.78 is 5.55. The average Bonchev–Trinajstić information content (AvgIpc) is 2.74. The Morgan fingerprint density at radius 1 is 1.14 bits per heavy atom. The number of amides is 2. The van der Waals surface area contributed by atoms with Gasteiger partial charge in [-0.3, -0.25) is 15.0 Å². The number of nitrogen functional groups attached to an aromatic ring is 1. The van der Waals surface area contributed by atoms with Crippen LogP contribution >= 0.6 is 0 Å². The van der Waals surface area contributed by atoms with E-state index in [2.05, 4.69) is 5.32 Å². The molecule has 0 aliphatic carbocycles. The van der Waals surface area contributed by atoms with Crippen LogP contribution in [-0.4, -0.2) is 48.4 Å². The highest BCUT2D eigenvalue weighted by atomic mass is 16.5. The smallest absolute Gasteiger partial charge is 0.252 e. The van der Waals surface area contributed by atoms with E-state index in [1.54, 1.807) is 17.0 Å². The first-order valence-electron chi connectivity index (χ1n) is 9.67. The van der Waals surface area contributed by atoms with Crippen LogP contribution in [0.1, 0.15) is 23.1 Å². The summed E-state index contributed by atoms with van der Waals surface area (Å²) in [6.07, 6.45) is 0.0492. The lowest BCUT2D eigenvalue weighted by molar-refractivity contribution is -0.155. The molecule has 2 aromatic carbocycles. The van der Waals surface area contributed by atoms with Crippen molar-refractivity contribution in [2.24, 2.45) is 5.73 Å². The number of ether oxygens (including phenoxy) is 1. The molecule has 1 heterocycles. The van der Waals surface area contributed by atoms with Gasteiger partial charge < -0.3 is 20.7 Å². The third kappa shape index (κ3) is 5.89. The topological polar surface area (TPSA) is 109 Å². The second kappa shape index (κ2) is 9.84. The lowest BCUT2D eigenvalue weighted by Gasteiger charge is -2.32. The number of amidine groups is 1. The Morgan fingerprint density at radius 3 is 2.55 bits per heavy atom. The van der Waals surface area contributed by atoms with Crippen LogP contribution in [0.2, 0.25) is 0 Å². The van der Waals surface area contributed by atoms with Crippen molar-refractivity contribution in [3.63, 3.8) is 0 Å². The zero-order valence-electron chi connectivity index (χ0n) is 16.3. The van der Waals surface area contributed by atoms with Crippen molar-refractivity contribution in [3.05, 3.63) is 71.3 Å². The highest BCUT2D eigenvalue weighted by Crippen LogP contribution is 2.12. The highest BCUT2D eigenvalue weighted by molar-refractivity contribution is 5.94. The van der Waals surface area contributed by atoms with E-state index in [-0.39, 0.29) is 24.1 Å². The molecule has 152 valence electrons.